The molecular formula is C17H13F4N3O4S. The number of aldehydes is 1. The average molecular weight is 431 g/mol. The van der Waals surface area contributed by atoms with Gasteiger partial charge in [-0.05, 0) is 12.1 Å². The van der Waals surface area contributed by atoms with Crippen molar-refractivity contribution in [3.05, 3.63) is 56.1 Å². The highest BCUT2D eigenvalue weighted by molar-refractivity contribution is 8.00. The van der Waals surface area contributed by atoms with E-state index in [0.29, 0.717) is 6.29 Å². The lowest BCUT2D eigenvalue weighted by molar-refractivity contribution is -0.144. The minimum atomic E-state index is -4.96. The monoisotopic (exact) mass is 431 g/mol. The summed E-state index contributed by atoms with van der Waals surface area (Å²) in [6.07, 6.45) is -4.44. The minimum Gasteiger partial charge on any atom is -0.383 e. The molecule has 0 amide bonds. The van der Waals surface area contributed by atoms with Crippen molar-refractivity contribution in [3.8, 4) is 11.8 Å². The Morgan fingerprint density at radius 3 is 2.48 bits per heavy atom. The molecule has 0 aliphatic rings. The fraction of sp³-hybridized carbons (Fsp3) is 0.294. The first kappa shape index (κ1) is 22.4. The maximum atomic E-state index is 14.5. The van der Waals surface area contributed by atoms with E-state index < -0.39 is 39.9 Å². The number of hydrogen-bond acceptors (Lipinski definition) is 6. The summed E-state index contributed by atoms with van der Waals surface area (Å²) in [6.45, 7) is -0.0340. The quantitative estimate of drug-likeness (QED) is 0.394. The molecule has 2 rings (SSSR count). The number of alkyl halides is 3. The Hall–Kier alpha value is -2.91. The van der Waals surface area contributed by atoms with Gasteiger partial charge >= 0.3 is 11.9 Å². The van der Waals surface area contributed by atoms with Gasteiger partial charge in [-0.3, -0.25) is 9.36 Å². The highest BCUT2D eigenvalue weighted by Gasteiger charge is 2.35. The van der Waals surface area contributed by atoms with Gasteiger partial charge in [0, 0.05) is 25.1 Å². The second-order valence-corrected chi connectivity index (χ2v) is 6.98. The van der Waals surface area contributed by atoms with Gasteiger partial charge in [-0.2, -0.15) is 18.4 Å². The van der Waals surface area contributed by atoms with E-state index in [0.717, 1.165) is 30.9 Å². The highest BCUT2D eigenvalue weighted by atomic mass is 32.2. The Morgan fingerprint density at radius 1 is 1.31 bits per heavy atom. The van der Waals surface area contributed by atoms with Crippen LogP contribution >= 0.6 is 11.8 Å². The fourth-order valence-electron chi connectivity index (χ4n) is 2.45. The van der Waals surface area contributed by atoms with Gasteiger partial charge in [0.05, 0.1) is 23.1 Å². The summed E-state index contributed by atoms with van der Waals surface area (Å²) < 4.78 is 58.7. The van der Waals surface area contributed by atoms with Crippen LogP contribution in [0.3, 0.4) is 0 Å². The number of thioether (sulfide) groups is 1. The van der Waals surface area contributed by atoms with Crippen LogP contribution in [0.25, 0.3) is 5.69 Å². The van der Waals surface area contributed by atoms with Gasteiger partial charge in [0.15, 0.2) is 0 Å². The molecule has 1 atom stereocenters. The Kier molecular flexibility index (Phi) is 6.66. The molecule has 0 bridgehead atoms. The van der Waals surface area contributed by atoms with Gasteiger partial charge in [-0.15, -0.1) is 11.8 Å². The van der Waals surface area contributed by atoms with Crippen LogP contribution in [0.15, 0.2) is 32.7 Å². The molecule has 0 spiro atoms. The molecule has 0 aliphatic carbocycles. The Morgan fingerprint density at radius 2 is 1.97 bits per heavy atom. The molecule has 0 saturated carbocycles. The van der Waals surface area contributed by atoms with E-state index in [4.69, 9.17) is 4.74 Å². The number of carbonyl (C=O) groups is 1. The number of ether oxygens (including phenoxy) is 1. The van der Waals surface area contributed by atoms with Crippen LogP contribution in [0.1, 0.15) is 11.3 Å². The summed E-state index contributed by atoms with van der Waals surface area (Å²) in [5, 5.41) is 8.41. The van der Waals surface area contributed by atoms with Crippen molar-refractivity contribution in [2.45, 2.75) is 16.3 Å². The topological polar surface area (TPSA) is 94.1 Å². The van der Waals surface area contributed by atoms with Gasteiger partial charge < -0.3 is 9.53 Å². The van der Waals surface area contributed by atoms with E-state index >= 15 is 0 Å². The molecule has 0 fully saturated rings. The van der Waals surface area contributed by atoms with Crippen molar-refractivity contribution >= 4 is 18.0 Å². The molecule has 0 radical (unpaired) electrons. The molecule has 29 heavy (non-hydrogen) atoms. The summed E-state index contributed by atoms with van der Waals surface area (Å²) in [5.41, 5.74) is -5.14. The lowest BCUT2D eigenvalue weighted by atomic mass is 10.2. The van der Waals surface area contributed by atoms with Gasteiger partial charge in [-0.1, -0.05) is 0 Å². The maximum Gasteiger partial charge on any atom is 0.431 e. The Balaban J connectivity index is 2.74. The van der Waals surface area contributed by atoms with Crippen molar-refractivity contribution in [3.63, 3.8) is 0 Å². The molecule has 0 N–H and O–H groups in total. The SMILES string of the molecule is COCC(C=O)Sc1cc(-n2c(=O)cc(C(F)(F)F)n(C)c2=O)c(F)cc1C#N. The summed E-state index contributed by atoms with van der Waals surface area (Å²) in [5.74, 6) is -1.17. The smallest absolute Gasteiger partial charge is 0.383 e. The predicted molar refractivity (Wildman–Crippen MR) is 94.5 cm³/mol. The van der Waals surface area contributed by atoms with E-state index in [9.17, 15) is 37.2 Å². The van der Waals surface area contributed by atoms with Crippen LogP contribution in [0.4, 0.5) is 17.6 Å². The van der Waals surface area contributed by atoms with Gasteiger partial charge in [0.25, 0.3) is 5.56 Å². The first-order valence-electron chi connectivity index (χ1n) is 7.80. The number of nitriles is 1. The summed E-state index contributed by atoms with van der Waals surface area (Å²) in [6, 6.07) is 3.58. The number of nitrogens with zero attached hydrogens (tertiary/aromatic N) is 3. The molecule has 12 heteroatoms. The van der Waals surface area contributed by atoms with E-state index in [1.807, 2.05) is 0 Å². The molecule has 7 nitrogen and oxygen atoms in total. The fourth-order valence-corrected chi connectivity index (χ4v) is 3.44. The van der Waals surface area contributed by atoms with Crippen LogP contribution in [0, 0.1) is 17.1 Å². The van der Waals surface area contributed by atoms with Crippen molar-refractivity contribution in [1.82, 2.24) is 9.13 Å². The zero-order valence-corrected chi connectivity index (χ0v) is 15.8. The van der Waals surface area contributed by atoms with E-state index in [1.54, 1.807) is 6.07 Å². The van der Waals surface area contributed by atoms with Crippen molar-refractivity contribution in [1.29, 1.82) is 5.26 Å². The second-order valence-electron chi connectivity index (χ2n) is 5.70. The normalized spacial score (nSPS) is 12.4. The zero-order chi connectivity index (χ0) is 21.9. The average Bonchev–Trinajstić information content (AvgIpc) is 2.65. The minimum absolute atomic E-state index is 0.0340. The number of benzene rings is 1. The molecule has 1 heterocycles. The molecule has 154 valence electrons. The maximum absolute atomic E-state index is 14.5. The highest BCUT2D eigenvalue weighted by Crippen LogP contribution is 2.30. The number of hydrogen-bond donors (Lipinski definition) is 0. The molecule has 1 aromatic carbocycles. The first-order chi connectivity index (χ1) is 13.5. The van der Waals surface area contributed by atoms with Crippen LogP contribution in [0.2, 0.25) is 0 Å². The van der Waals surface area contributed by atoms with Crippen LogP contribution in [-0.4, -0.2) is 34.4 Å². The standard InChI is InChI=1S/C17H13F4N3O4S/c1-23-14(17(19,20)21)5-15(26)24(16(23)27)12-4-13(9(6-22)3-11(12)18)29-10(7-25)8-28-2/h3-5,7,10H,8H2,1-2H3. The molecule has 0 saturated heterocycles. The second kappa shape index (κ2) is 8.62. The molecule has 1 unspecified atom stereocenters. The molecule has 0 aliphatic heterocycles. The number of methoxy groups -OCH3 is 1. The largest absolute Gasteiger partial charge is 0.431 e. The van der Waals surface area contributed by atoms with Crippen LogP contribution in [0.5, 0.6) is 0 Å². The van der Waals surface area contributed by atoms with Crippen LogP contribution < -0.4 is 11.2 Å². The third-order valence-electron chi connectivity index (χ3n) is 3.78. The zero-order valence-electron chi connectivity index (χ0n) is 15.0. The first-order valence-corrected chi connectivity index (χ1v) is 8.68. The number of aromatic nitrogens is 2. The number of halogens is 4. The summed E-state index contributed by atoms with van der Waals surface area (Å²) in [7, 11) is 2.13. The van der Waals surface area contributed by atoms with E-state index in [2.05, 4.69) is 0 Å². The lowest BCUT2D eigenvalue weighted by Gasteiger charge is -2.16. The van der Waals surface area contributed by atoms with E-state index in [1.165, 1.54) is 7.11 Å². The van der Waals surface area contributed by atoms with Crippen molar-refractivity contribution in [2.24, 2.45) is 7.05 Å². The van der Waals surface area contributed by atoms with Crippen LogP contribution in [-0.2, 0) is 22.8 Å². The Bertz CT molecular complexity index is 1100. The van der Waals surface area contributed by atoms with Gasteiger partial charge in [-0.25, -0.2) is 13.8 Å². The Labute approximate surface area is 165 Å². The van der Waals surface area contributed by atoms with Gasteiger partial charge in [0.1, 0.15) is 23.9 Å². The third-order valence-corrected chi connectivity index (χ3v) is 4.92. The van der Waals surface area contributed by atoms with E-state index in [-0.39, 0.29) is 32.3 Å². The van der Waals surface area contributed by atoms with Crippen molar-refractivity contribution in [2.75, 3.05) is 13.7 Å². The number of rotatable bonds is 6. The summed E-state index contributed by atoms with van der Waals surface area (Å²) >= 11 is 0.819. The predicted octanol–water partition coefficient (Wildman–Crippen LogP) is 1.87. The summed E-state index contributed by atoms with van der Waals surface area (Å²) in [4.78, 5) is 35.7. The lowest BCUT2D eigenvalue weighted by Crippen LogP contribution is -2.41. The third kappa shape index (κ3) is 4.57. The molecular weight excluding hydrogens is 418 g/mol. The number of carbonyl (C=O) groups excluding carboxylic acids is 1. The molecule has 2 aromatic rings. The molecule has 1 aromatic heterocycles. The van der Waals surface area contributed by atoms with Gasteiger partial charge in [0.2, 0.25) is 0 Å². The van der Waals surface area contributed by atoms with Crippen molar-refractivity contribution < 1.29 is 27.1 Å².